The molecule has 1 N–H and O–H groups in total. The van der Waals surface area contributed by atoms with Crippen molar-refractivity contribution < 1.29 is 0 Å². The highest BCUT2D eigenvalue weighted by molar-refractivity contribution is 9.10. The molecule has 1 aromatic rings. The first-order valence-corrected chi connectivity index (χ1v) is 8.13. The number of nitriles is 1. The van der Waals surface area contributed by atoms with Gasteiger partial charge in [0.1, 0.15) is 5.54 Å². The molecule has 1 saturated carbocycles. The van der Waals surface area contributed by atoms with Crippen molar-refractivity contribution >= 4 is 15.9 Å². The van der Waals surface area contributed by atoms with E-state index >= 15 is 0 Å². The van der Waals surface area contributed by atoms with Gasteiger partial charge >= 0.3 is 0 Å². The molecule has 1 aliphatic carbocycles. The van der Waals surface area contributed by atoms with Crippen LogP contribution in [0.2, 0.25) is 0 Å². The van der Waals surface area contributed by atoms with Crippen LogP contribution in [0.25, 0.3) is 0 Å². The van der Waals surface area contributed by atoms with Crippen molar-refractivity contribution in [1.82, 2.24) is 15.1 Å². The molecule has 0 amide bonds. The molecule has 4 nitrogen and oxygen atoms in total. The molecule has 1 heterocycles. The molecule has 1 unspecified atom stereocenters. The van der Waals surface area contributed by atoms with E-state index in [-0.39, 0.29) is 5.54 Å². The van der Waals surface area contributed by atoms with E-state index in [1.807, 2.05) is 13.8 Å². The van der Waals surface area contributed by atoms with Gasteiger partial charge in [-0.05, 0) is 68.8 Å². The lowest BCUT2D eigenvalue weighted by molar-refractivity contribution is 0.388. The average molecular weight is 339 g/mol. The zero-order chi connectivity index (χ0) is 14.8. The number of aryl methyl sites for hydroxylation is 2. The standard InChI is InChI=1S/C15H23BrN4/c1-11-14(16)12(2)20(19-11)9-5-4-8-15(3,10-17)18-13-6-7-13/h13,18H,4-9H2,1-3H3. The normalized spacial score (nSPS) is 17.8. The maximum atomic E-state index is 9.33. The molecule has 2 rings (SSSR count). The molecule has 0 radical (unpaired) electrons. The molecular weight excluding hydrogens is 316 g/mol. The minimum absolute atomic E-state index is 0.364. The molecule has 1 aliphatic rings. The van der Waals surface area contributed by atoms with Crippen LogP contribution in [0.5, 0.6) is 0 Å². The van der Waals surface area contributed by atoms with E-state index in [2.05, 4.69) is 44.0 Å². The summed E-state index contributed by atoms with van der Waals surface area (Å²) in [6.45, 7) is 7.03. The van der Waals surface area contributed by atoms with Crippen LogP contribution < -0.4 is 5.32 Å². The van der Waals surface area contributed by atoms with E-state index in [0.717, 1.165) is 36.0 Å². The van der Waals surface area contributed by atoms with Gasteiger partial charge in [0.25, 0.3) is 0 Å². The second kappa shape index (κ2) is 6.28. The van der Waals surface area contributed by atoms with Crippen molar-refractivity contribution in [3.8, 4) is 6.07 Å². The molecule has 0 bridgehead atoms. The van der Waals surface area contributed by atoms with Gasteiger partial charge in [0.15, 0.2) is 0 Å². The van der Waals surface area contributed by atoms with Crippen LogP contribution in [0.1, 0.15) is 50.4 Å². The fourth-order valence-corrected chi connectivity index (χ4v) is 2.76. The fraction of sp³-hybridized carbons (Fsp3) is 0.733. The highest BCUT2D eigenvalue weighted by Gasteiger charge is 2.31. The predicted octanol–water partition coefficient (Wildman–Crippen LogP) is 3.47. The third-order valence-electron chi connectivity index (χ3n) is 3.94. The van der Waals surface area contributed by atoms with Crippen molar-refractivity contribution in [1.29, 1.82) is 5.26 Å². The predicted molar refractivity (Wildman–Crippen MR) is 83.4 cm³/mol. The molecule has 1 atom stereocenters. The highest BCUT2D eigenvalue weighted by atomic mass is 79.9. The molecule has 0 spiro atoms. The Kier molecular flexibility index (Phi) is 4.87. The Morgan fingerprint density at radius 2 is 2.15 bits per heavy atom. The summed E-state index contributed by atoms with van der Waals surface area (Å²) >= 11 is 3.55. The lowest BCUT2D eigenvalue weighted by atomic mass is 9.96. The summed E-state index contributed by atoms with van der Waals surface area (Å²) < 4.78 is 3.16. The first kappa shape index (κ1) is 15.5. The number of nitrogens with one attached hydrogen (secondary N) is 1. The SMILES string of the molecule is Cc1nn(CCCCC(C)(C#N)NC2CC2)c(C)c1Br. The maximum Gasteiger partial charge on any atom is 0.104 e. The number of aromatic nitrogens is 2. The summed E-state index contributed by atoms with van der Waals surface area (Å²) in [5.74, 6) is 0. The second-order valence-electron chi connectivity index (χ2n) is 6.03. The number of halogens is 1. The molecule has 1 fully saturated rings. The van der Waals surface area contributed by atoms with Crippen molar-refractivity contribution in [3.05, 3.63) is 15.9 Å². The van der Waals surface area contributed by atoms with Crippen LogP contribution in [0.4, 0.5) is 0 Å². The number of nitrogens with zero attached hydrogens (tertiary/aromatic N) is 3. The van der Waals surface area contributed by atoms with E-state index in [1.54, 1.807) is 0 Å². The highest BCUT2D eigenvalue weighted by Crippen LogP contribution is 2.25. The number of rotatable bonds is 7. The lowest BCUT2D eigenvalue weighted by Gasteiger charge is -2.23. The molecule has 0 aromatic carbocycles. The summed E-state index contributed by atoms with van der Waals surface area (Å²) in [6, 6.07) is 3.01. The molecule has 5 heteroatoms. The van der Waals surface area contributed by atoms with Crippen LogP contribution in [0, 0.1) is 25.2 Å². The van der Waals surface area contributed by atoms with Gasteiger partial charge in [0.2, 0.25) is 0 Å². The van der Waals surface area contributed by atoms with Crippen LogP contribution in [-0.2, 0) is 6.54 Å². The Labute approximate surface area is 129 Å². The number of hydrogen-bond donors (Lipinski definition) is 1. The summed E-state index contributed by atoms with van der Waals surface area (Å²) in [4.78, 5) is 0. The van der Waals surface area contributed by atoms with Crippen molar-refractivity contribution in [2.24, 2.45) is 0 Å². The van der Waals surface area contributed by atoms with Gasteiger partial charge in [0, 0.05) is 18.3 Å². The summed E-state index contributed by atoms with van der Waals surface area (Å²) in [7, 11) is 0. The quantitative estimate of drug-likeness (QED) is 0.774. The third kappa shape index (κ3) is 3.83. The second-order valence-corrected chi connectivity index (χ2v) is 6.82. The van der Waals surface area contributed by atoms with E-state index in [0.29, 0.717) is 6.04 Å². The smallest absolute Gasteiger partial charge is 0.104 e. The third-order valence-corrected chi connectivity index (χ3v) is 5.08. The molecule has 0 saturated heterocycles. The van der Waals surface area contributed by atoms with Gasteiger partial charge in [-0.2, -0.15) is 10.4 Å². The van der Waals surface area contributed by atoms with Gasteiger partial charge in [0.05, 0.1) is 16.2 Å². The summed E-state index contributed by atoms with van der Waals surface area (Å²) in [5, 5.41) is 17.3. The summed E-state index contributed by atoms with van der Waals surface area (Å²) in [6.07, 6.45) is 5.44. The zero-order valence-corrected chi connectivity index (χ0v) is 14.1. The minimum Gasteiger partial charge on any atom is -0.297 e. The Balaban J connectivity index is 1.78. The van der Waals surface area contributed by atoms with Crippen LogP contribution in [0.15, 0.2) is 4.47 Å². The Hall–Kier alpha value is -0.860. The average Bonchev–Trinajstić information content (AvgIpc) is 3.19. The van der Waals surface area contributed by atoms with Crippen molar-refractivity contribution in [2.75, 3.05) is 0 Å². The van der Waals surface area contributed by atoms with Crippen molar-refractivity contribution in [3.63, 3.8) is 0 Å². The maximum absolute atomic E-state index is 9.33. The van der Waals surface area contributed by atoms with Gasteiger partial charge in [-0.1, -0.05) is 0 Å². The lowest BCUT2D eigenvalue weighted by Crippen LogP contribution is -2.42. The van der Waals surface area contributed by atoms with Crippen LogP contribution >= 0.6 is 15.9 Å². The van der Waals surface area contributed by atoms with Gasteiger partial charge in [-0.15, -0.1) is 0 Å². The number of hydrogen-bond acceptors (Lipinski definition) is 3. The summed E-state index contributed by atoms with van der Waals surface area (Å²) in [5.41, 5.74) is 1.86. The molecule has 20 heavy (non-hydrogen) atoms. The van der Waals surface area contributed by atoms with E-state index in [4.69, 9.17) is 0 Å². The first-order chi connectivity index (χ1) is 9.45. The Bertz CT molecular complexity index is 513. The van der Waals surface area contributed by atoms with Crippen LogP contribution in [-0.4, -0.2) is 21.4 Å². The monoisotopic (exact) mass is 338 g/mol. The van der Waals surface area contributed by atoms with E-state index < -0.39 is 0 Å². The van der Waals surface area contributed by atoms with Crippen molar-refractivity contribution in [2.45, 2.75) is 71.0 Å². The van der Waals surface area contributed by atoms with Gasteiger partial charge < -0.3 is 0 Å². The van der Waals surface area contributed by atoms with E-state index in [1.165, 1.54) is 18.5 Å². The molecular formula is C15H23BrN4. The topological polar surface area (TPSA) is 53.6 Å². The largest absolute Gasteiger partial charge is 0.297 e. The zero-order valence-electron chi connectivity index (χ0n) is 12.5. The molecule has 1 aromatic heterocycles. The number of unbranched alkanes of at least 4 members (excludes halogenated alkanes) is 1. The van der Waals surface area contributed by atoms with Gasteiger partial charge in [-0.25, -0.2) is 0 Å². The van der Waals surface area contributed by atoms with Crippen LogP contribution in [0.3, 0.4) is 0 Å². The molecule has 0 aliphatic heterocycles. The Morgan fingerprint density at radius 3 is 2.65 bits per heavy atom. The molecule has 110 valence electrons. The van der Waals surface area contributed by atoms with E-state index in [9.17, 15) is 5.26 Å². The first-order valence-electron chi connectivity index (χ1n) is 7.33. The Morgan fingerprint density at radius 1 is 1.45 bits per heavy atom. The van der Waals surface area contributed by atoms with Gasteiger partial charge in [-0.3, -0.25) is 10.00 Å². The minimum atomic E-state index is -0.364. The fourth-order valence-electron chi connectivity index (χ4n) is 2.47.